The predicted molar refractivity (Wildman–Crippen MR) is 135 cm³/mol. The molecule has 4 heterocycles. The number of aliphatic hydroxyl groups is 1. The van der Waals surface area contributed by atoms with Crippen LogP contribution in [-0.4, -0.2) is 81.7 Å². The van der Waals surface area contributed by atoms with E-state index in [1.807, 2.05) is 18.2 Å². The molecule has 0 bridgehead atoms. The maximum Gasteiger partial charge on any atom is 0.272 e. The number of hydrogen-bond donors (Lipinski definition) is 2. The number of hydrogen-bond acceptors (Lipinski definition) is 7. The lowest BCUT2D eigenvalue weighted by molar-refractivity contribution is 0.00884. The molecule has 0 radical (unpaired) electrons. The van der Waals surface area contributed by atoms with Crippen LogP contribution in [0.5, 0.6) is 0 Å². The first kappa shape index (κ1) is 24.1. The number of aromatic nitrogens is 3. The molecule has 2 aliphatic heterocycles. The van der Waals surface area contributed by atoms with Crippen molar-refractivity contribution >= 4 is 51.2 Å². The van der Waals surface area contributed by atoms with Crippen molar-refractivity contribution in [3.63, 3.8) is 0 Å². The number of ether oxygens (including phenoxy) is 1. The first-order chi connectivity index (χ1) is 17.2. The summed E-state index contributed by atoms with van der Waals surface area (Å²) in [5, 5.41) is 20.1. The van der Waals surface area contributed by atoms with Gasteiger partial charge in [-0.15, -0.1) is 0 Å². The highest BCUT2D eigenvalue weighted by Gasteiger charge is 2.59. The maximum absolute atomic E-state index is 13.4. The fourth-order valence-corrected chi connectivity index (χ4v) is 5.68. The highest BCUT2D eigenvalue weighted by atomic mass is 35.5. The van der Waals surface area contributed by atoms with Crippen molar-refractivity contribution in [2.45, 2.75) is 37.0 Å². The topological polar surface area (TPSA) is 78.7 Å². The van der Waals surface area contributed by atoms with E-state index in [0.29, 0.717) is 29.7 Å². The quantitative estimate of drug-likeness (QED) is 0.500. The average Bonchev–Trinajstić information content (AvgIpc) is 3.13. The fraction of sp³-hybridized carbons (Fsp3) is 0.500. The minimum absolute atomic E-state index is 0.125. The number of nitrogens with one attached hydrogen (secondary N) is 1. The highest BCUT2D eigenvalue weighted by Crippen LogP contribution is 2.53. The summed E-state index contributed by atoms with van der Waals surface area (Å²) >= 11 is 13.0. The minimum atomic E-state index is -2.77. The second-order valence-corrected chi connectivity index (χ2v) is 10.7. The fourth-order valence-electron chi connectivity index (χ4n) is 5.13. The molecule has 2 N–H and O–H groups in total. The number of benzene rings is 1. The zero-order valence-corrected chi connectivity index (χ0v) is 21.1. The Kier molecular flexibility index (Phi) is 5.80. The van der Waals surface area contributed by atoms with Crippen LogP contribution in [0.1, 0.15) is 19.4 Å². The summed E-state index contributed by atoms with van der Waals surface area (Å²) in [5.74, 6) is -2.25. The van der Waals surface area contributed by atoms with Gasteiger partial charge in [0, 0.05) is 44.2 Å². The number of alkyl halides is 2. The Morgan fingerprint density at radius 2 is 1.86 bits per heavy atom. The molecule has 3 aromatic rings. The average molecular weight is 539 g/mol. The number of pyridine rings is 1. The largest absolute Gasteiger partial charge is 0.389 e. The molecule has 8 nitrogen and oxygen atoms in total. The molecular formula is C24H26Cl2F2N6O2. The molecule has 0 amide bonds. The van der Waals surface area contributed by atoms with Crippen molar-refractivity contribution in [3.05, 3.63) is 40.8 Å². The SMILES string of the molecule is CC1(N2CCN(c3cc4cc(Nc5cnn(C6CC6(F)F)c5Cl)ncc4cc3Cl)CC2)COCC1O. The Morgan fingerprint density at radius 3 is 2.53 bits per heavy atom. The van der Waals surface area contributed by atoms with Gasteiger partial charge in [-0.05, 0) is 30.5 Å². The zero-order chi connectivity index (χ0) is 25.2. The third kappa shape index (κ3) is 4.09. The predicted octanol–water partition coefficient (Wildman–Crippen LogP) is 4.33. The van der Waals surface area contributed by atoms with E-state index in [-0.39, 0.29) is 17.1 Å². The molecule has 3 aliphatic rings. The standard InChI is InChI=1S/C24H26Cl2F2N6O2/c1-23(13-36-12-20(23)35)33-4-2-32(3-5-33)18-7-14-8-21(29-10-15(14)6-16(18)25)31-17-11-30-34(22(17)26)19-9-24(19,27)28/h6-8,10-11,19-20,35H,2-5,9,12-13H2,1H3,(H,29,31). The molecular weight excluding hydrogens is 513 g/mol. The number of nitrogens with zero attached hydrogens (tertiary/aromatic N) is 5. The highest BCUT2D eigenvalue weighted by molar-refractivity contribution is 6.34. The van der Waals surface area contributed by atoms with Crippen molar-refractivity contribution in [2.24, 2.45) is 0 Å². The molecule has 1 aliphatic carbocycles. The Morgan fingerprint density at radius 1 is 1.11 bits per heavy atom. The van der Waals surface area contributed by atoms with E-state index in [1.165, 1.54) is 6.20 Å². The Bertz CT molecular complexity index is 1320. The second kappa shape index (κ2) is 8.66. The zero-order valence-electron chi connectivity index (χ0n) is 19.6. The normalized spacial score (nSPS) is 28.1. The van der Waals surface area contributed by atoms with Gasteiger partial charge < -0.3 is 20.1 Å². The Hall–Kier alpha value is -2.24. The van der Waals surface area contributed by atoms with Gasteiger partial charge in [-0.1, -0.05) is 23.2 Å². The molecule has 6 rings (SSSR count). The third-order valence-corrected chi connectivity index (χ3v) is 8.28. The first-order valence-electron chi connectivity index (χ1n) is 11.9. The van der Waals surface area contributed by atoms with Gasteiger partial charge >= 0.3 is 0 Å². The van der Waals surface area contributed by atoms with Gasteiger partial charge in [-0.2, -0.15) is 5.10 Å². The van der Waals surface area contributed by atoms with Gasteiger partial charge in [0.1, 0.15) is 11.9 Å². The van der Waals surface area contributed by atoms with E-state index in [4.69, 9.17) is 27.9 Å². The van der Waals surface area contributed by atoms with Gasteiger partial charge in [0.15, 0.2) is 5.15 Å². The summed E-state index contributed by atoms with van der Waals surface area (Å²) in [6.07, 6.45) is 2.39. The van der Waals surface area contributed by atoms with Crippen molar-refractivity contribution in [1.82, 2.24) is 19.7 Å². The van der Waals surface area contributed by atoms with Crippen molar-refractivity contribution in [2.75, 3.05) is 49.6 Å². The van der Waals surface area contributed by atoms with Gasteiger partial charge in [0.25, 0.3) is 5.92 Å². The van der Waals surface area contributed by atoms with Crippen LogP contribution in [0.15, 0.2) is 30.6 Å². The van der Waals surface area contributed by atoms with E-state index < -0.39 is 18.1 Å². The summed E-state index contributed by atoms with van der Waals surface area (Å²) in [6.45, 7) is 6.07. The molecule has 3 fully saturated rings. The molecule has 1 saturated carbocycles. The monoisotopic (exact) mass is 538 g/mol. The summed E-state index contributed by atoms with van der Waals surface area (Å²) in [4.78, 5) is 8.96. The number of fused-ring (bicyclic) bond motifs is 1. The van der Waals surface area contributed by atoms with Crippen LogP contribution >= 0.6 is 23.2 Å². The van der Waals surface area contributed by atoms with Crippen LogP contribution < -0.4 is 10.2 Å². The molecule has 3 atom stereocenters. The molecule has 12 heteroatoms. The van der Waals surface area contributed by atoms with E-state index in [0.717, 1.165) is 47.3 Å². The number of aliphatic hydroxyl groups excluding tert-OH is 1. The number of rotatable bonds is 5. The van der Waals surface area contributed by atoms with E-state index in [1.54, 1.807) is 6.20 Å². The van der Waals surface area contributed by atoms with E-state index >= 15 is 0 Å². The number of halogens is 4. The lowest BCUT2D eigenvalue weighted by Gasteiger charge is -2.45. The van der Waals surface area contributed by atoms with Gasteiger partial charge in [0.05, 0.1) is 47.5 Å². The van der Waals surface area contributed by atoms with Crippen LogP contribution in [0.25, 0.3) is 10.8 Å². The van der Waals surface area contributed by atoms with Crippen LogP contribution in [0, 0.1) is 0 Å². The first-order valence-corrected chi connectivity index (χ1v) is 12.6. The van der Waals surface area contributed by atoms with Crippen LogP contribution in [0.2, 0.25) is 10.2 Å². The van der Waals surface area contributed by atoms with Crippen molar-refractivity contribution in [3.8, 4) is 0 Å². The van der Waals surface area contributed by atoms with Crippen molar-refractivity contribution in [1.29, 1.82) is 0 Å². The molecule has 2 saturated heterocycles. The summed E-state index contributed by atoms with van der Waals surface area (Å²) in [6, 6.07) is 4.80. The summed E-state index contributed by atoms with van der Waals surface area (Å²) in [7, 11) is 0. The molecule has 0 spiro atoms. The van der Waals surface area contributed by atoms with E-state index in [2.05, 4.69) is 32.1 Å². The Labute approximate surface area is 216 Å². The molecule has 2 aromatic heterocycles. The van der Waals surface area contributed by atoms with E-state index in [9.17, 15) is 13.9 Å². The smallest absolute Gasteiger partial charge is 0.272 e. The minimum Gasteiger partial charge on any atom is -0.389 e. The lowest BCUT2D eigenvalue weighted by atomic mass is 9.95. The maximum atomic E-state index is 13.4. The van der Waals surface area contributed by atoms with Crippen LogP contribution in [-0.2, 0) is 4.74 Å². The van der Waals surface area contributed by atoms with Gasteiger partial charge in [-0.3, -0.25) is 4.90 Å². The lowest BCUT2D eigenvalue weighted by Crippen LogP contribution is -2.60. The third-order valence-electron chi connectivity index (χ3n) is 7.60. The number of piperazine rings is 1. The second-order valence-electron chi connectivity index (χ2n) is 9.98. The van der Waals surface area contributed by atoms with Crippen LogP contribution in [0.3, 0.4) is 0 Å². The number of anilines is 3. The molecule has 3 unspecified atom stereocenters. The Balaban J connectivity index is 1.20. The summed E-state index contributed by atoms with van der Waals surface area (Å²) < 4.78 is 33.6. The molecule has 36 heavy (non-hydrogen) atoms. The molecule has 192 valence electrons. The van der Waals surface area contributed by atoms with Crippen molar-refractivity contribution < 1.29 is 18.6 Å². The van der Waals surface area contributed by atoms with Gasteiger partial charge in [-0.25, -0.2) is 18.4 Å². The summed E-state index contributed by atoms with van der Waals surface area (Å²) in [5.41, 5.74) is 0.981. The molecule has 1 aromatic carbocycles. The van der Waals surface area contributed by atoms with Crippen LogP contribution in [0.4, 0.5) is 26.0 Å². The van der Waals surface area contributed by atoms with Gasteiger partial charge in [0.2, 0.25) is 0 Å².